The fourth-order valence-electron chi connectivity index (χ4n) is 7.02. The van der Waals surface area contributed by atoms with E-state index in [4.69, 9.17) is 14.5 Å². The van der Waals surface area contributed by atoms with Crippen LogP contribution in [0.2, 0.25) is 0 Å². The lowest BCUT2D eigenvalue weighted by Crippen LogP contribution is -2.38. The third-order valence-corrected chi connectivity index (χ3v) is 11.0. The van der Waals surface area contributed by atoms with Crippen molar-refractivity contribution in [2.45, 2.75) is 119 Å². The van der Waals surface area contributed by atoms with Gasteiger partial charge in [0.2, 0.25) is 5.88 Å². The third kappa shape index (κ3) is 9.49. The minimum Gasteiger partial charge on any atom is -0.477 e. The van der Waals surface area contributed by atoms with Crippen molar-refractivity contribution in [1.82, 2.24) is 4.90 Å². The van der Waals surface area contributed by atoms with Gasteiger partial charge >= 0.3 is 0 Å². The predicted octanol–water partition coefficient (Wildman–Crippen LogP) is 11.8. The molecule has 49 heavy (non-hydrogen) atoms. The van der Waals surface area contributed by atoms with Crippen molar-refractivity contribution in [1.29, 1.82) is 5.26 Å². The molecule has 5 nitrogen and oxygen atoms in total. The van der Waals surface area contributed by atoms with E-state index in [2.05, 4.69) is 66.0 Å². The van der Waals surface area contributed by atoms with Gasteiger partial charge in [-0.2, -0.15) is 5.26 Å². The molecule has 0 fully saturated rings. The van der Waals surface area contributed by atoms with E-state index in [1.54, 1.807) is 26.2 Å². The summed E-state index contributed by atoms with van der Waals surface area (Å²) in [5, 5.41) is 10.4. The second kappa shape index (κ2) is 18.1. The fraction of sp³-hybridized carbons (Fsp3) is 0.561. The Kier molecular flexibility index (Phi) is 14.8. The Bertz CT molecular complexity index is 1640. The highest BCUT2D eigenvalue weighted by Gasteiger charge is 2.30. The van der Waals surface area contributed by atoms with E-state index >= 15 is 4.39 Å². The van der Waals surface area contributed by atoms with E-state index in [9.17, 15) is 9.65 Å². The van der Waals surface area contributed by atoms with E-state index in [0.717, 1.165) is 57.2 Å². The first kappa shape index (κ1) is 40.2. The summed E-state index contributed by atoms with van der Waals surface area (Å²) in [5.41, 5.74) is 3.00. The third-order valence-electron chi connectivity index (χ3n) is 9.85. The van der Waals surface area contributed by atoms with Crippen LogP contribution in [0.4, 0.5) is 8.78 Å². The van der Waals surface area contributed by atoms with Gasteiger partial charge in [0.25, 0.3) is 0 Å². The molecule has 3 rings (SSSR count). The van der Waals surface area contributed by atoms with Gasteiger partial charge in [-0.3, -0.25) is 0 Å². The molecule has 0 saturated heterocycles. The number of hydrogen-bond acceptors (Lipinski definition) is 6. The molecule has 268 valence electrons. The van der Waals surface area contributed by atoms with Crippen LogP contribution < -0.4 is 0 Å². The monoisotopic (exact) mass is 693 g/mol. The van der Waals surface area contributed by atoms with Crippen molar-refractivity contribution in [3.8, 4) is 6.07 Å². The summed E-state index contributed by atoms with van der Waals surface area (Å²) in [7, 11) is 1.76. The number of ether oxygens (including phenoxy) is 2. The standard InChI is InChI=1S/C41H57F2N3O2S/c1-12-16-20-41(10,23-30(14-3)47-11)25-48-29(9)45-37-22-33(31-18-19-35(42)40-39(31)34(24-44)28(8)49-40)36(43)21-32(37)27(7)46(15-4)38(17-13-2)26(5)6/h18-19,21-22,26,30,38H,9,12-17,20,23,25H2,1-8,10-11H3/b32-27+,45-37-. The second-order valence-electron chi connectivity index (χ2n) is 13.9. The van der Waals surface area contributed by atoms with Gasteiger partial charge in [-0.25, -0.2) is 13.8 Å². The summed E-state index contributed by atoms with van der Waals surface area (Å²) in [6.45, 7) is 24.5. The largest absolute Gasteiger partial charge is 0.477 e. The average Bonchev–Trinajstić information content (AvgIpc) is 3.42. The molecule has 0 bridgehead atoms. The fourth-order valence-corrected chi connectivity index (χ4v) is 8.06. The minimum atomic E-state index is -0.467. The quantitative estimate of drug-likeness (QED) is 0.146. The summed E-state index contributed by atoms with van der Waals surface area (Å²) in [4.78, 5) is 7.96. The molecule has 3 atom stereocenters. The summed E-state index contributed by atoms with van der Waals surface area (Å²) in [6, 6.07) is 5.38. The number of aliphatic imine (C=N–C) groups is 1. The number of benzene rings is 1. The highest BCUT2D eigenvalue weighted by atomic mass is 32.1. The van der Waals surface area contributed by atoms with E-state index < -0.39 is 11.6 Å². The number of unbranched alkanes of at least 4 members (excludes halogenated alkanes) is 1. The van der Waals surface area contributed by atoms with Crippen LogP contribution in [0, 0.1) is 35.4 Å². The number of thiophene rings is 1. The van der Waals surface area contributed by atoms with Crippen molar-refractivity contribution >= 4 is 32.7 Å². The maximum atomic E-state index is 16.5. The zero-order chi connectivity index (χ0) is 36.5. The lowest BCUT2D eigenvalue weighted by atomic mass is 9.80. The molecule has 0 saturated carbocycles. The molecule has 1 heterocycles. The molecule has 0 aliphatic heterocycles. The maximum Gasteiger partial charge on any atom is 0.206 e. The normalized spacial score (nSPS) is 17.8. The number of rotatable bonds is 18. The highest BCUT2D eigenvalue weighted by Crippen LogP contribution is 2.42. The lowest BCUT2D eigenvalue weighted by molar-refractivity contribution is 0.0146. The molecule has 1 aliphatic carbocycles. The molecule has 1 aromatic carbocycles. The number of hydrogen-bond donors (Lipinski definition) is 0. The summed E-state index contributed by atoms with van der Waals surface area (Å²) in [5.74, 6) is -0.271. The Balaban J connectivity index is 2.20. The van der Waals surface area contributed by atoms with Gasteiger partial charge in [-0.15, -0.1) is 11.3 Å². The molecule has 0 spiro atoms. The van der Waals surface area contributed by atoms with Crippen molar-refractivity contribution in [3.63, 3.8) is 0 Å². The van der Waals surface area contributed by atoms with Crippen molar-refractivity contribution in [3.05, 3.63) is 75.7 Å². The van der Waals surface area contributed by atoms with Crippen LogP contribution in [0.1, 0.15) is 116 Å². The van der Waals surface area contributed by atoms with Crippen LogP contribution in [0.15, 0.2) is 58.8 Å². The lowest BCUT2D eigenvalue weighted by Gasteiger charge is -2.37. The van der Waals surface area contributed by atoms with Crippen LogP contribution >= 0.6 is 11.3 Å². The molecule has 2 aromatic rings. The molecule has 0 radical (unpaired) electrons. The van der Waals surface area contributed by atoms with Crippen molar-refractivity contribution in [2.75, 3.05) is 20.3 Å². The average molecular weight is 694 g/mol. The highest BCUT2D eigenvalue weighted by molar-refractivity contribution is 7.19. The zero-order valence-electron chi connectivity index (χ0n) is 31.4. The number of allylic oxidation sites excluding steroid dienone is 6. The number of nitrogens with zero attached hydrogens (tertiary/aromatic N) is 3. The smallest absolute Gasteiger partial charge is 0.206 e. The molecule has 1 aliphatic rings. The van der Waals surface area contributed by atoms with Gasteiger partial charge in [0.1, 0.15) is 17.7 Å². The van der Waals surface area contributed by atoms with Crippen molar-refractivity contribution < 1.29 is 18.3 Å². The number of nitriles is 1. The van der Waals surface area contributed by atoms with E-state index in [-0.39, 0.29) is 29.0 Å². The van der Waals surface area contributed by atoms with Gasteiger partial charge in [0, 0.05) is 52.2 Å². The van der Waals surface area contributed by atoms with Gasteiger partial charge in [-0.1, -0.05) is 66.9 Å². The Morgan fingerprint density at radius 1 is 1.14 bits per heavy atom. The first-order valence-electron chi connectivity index (χ1n) is 17.9. The predicted molar refractivity (Wildman–Crippen MR) is 203 cm³/mol. The van der Waals surface area contributed by atoms with E-state index in [1.807, 2.05) is 6.92 Å². The van der Waals surface area contributed by atoms with Crippen LogP contribution in [-0.2, 0) is 9.47 Å². The summed E-state index contributed by atoms with van der Waals surface area (Å²) >= 11 is 1.21. The van der Waals surface area contributed by atoms with Gasteiger partial charge in [-0.05, 0) is 82.7 Å². The van der Waals surface area contributed by atoms with Gasteiger partial charge < -0.3 is 14.4 Å². The molecular weight excluding hydrogens is 637 g/mol. The number of methoxy groups -OCH3 is 1. The van der Waals surface area contributed by atoms with E-state index in [1.165, 1.54) is 23.5 Å². The van der Waals surface area contributed by atoms with Crippen LogP contribution in [0.5, 0.6) is 0 Å². The van der Waals surface area contributed by atoms with Crippen LogP contribution in [0.3, 0.4) is 0 Å². The van der Waals surface area contributed by atoms with Gasteiger partial charge in [0.05, 0.1) is 28.7 Å². The molecule has 0 amide bonds. The Morgan fingerprint density at radius 3 is 2.43 bits per heavy atom. The molecule has 1 aromatic heterocycles. The summed E-state index contributed by atoms with van der Waals surface area (Å²) in [6.07, 6.45) is 10.3. The first-order chi connectivity index (χ1) is 23.3. The maximum absolute atomic E-state index is 16.5. The Morgan fingerprint density at radius 2 is 1.86 bits per heavy atom. The van der Waals surface area contributed by atoms with Crippen LogP contribution in [-0.4, -0.2) is 43.0 Å². The molecule has 8 heteroatoms. The SMILES string of the molecule is C=C(/N=C1/C=C(c2ccc(F)c3sc(C)c(C#N)c23)C(F)=C/C1=C(/C)N(CC)C(CCC)C(C)C)OCC(C)(CCCC)CC(CC)OC. The number of halogens is 2. The zero-order valence-corrected chi connectivity index (χ0v) is 32.3. The molecule has 0 N–H and O–H groups in total. The minimum absolute atomic E-state index is 0.128. The van der Waals surface area contributed by atoms with Crippen molar-refractivity contribution in [2.24, 2.45) is 16.3 Å². The van der Waals surface area contributed by atoms with Crippen LogP contribution in [0.25, 0.3) is 15.7 Å². The Hall–Kier alpha value is -3.28. The second-order valence-corrected chi connectivity index (χ2v) is 15.2. The molecular formula is C41H57F2N3O2S. The number of fused-ring (bicyclic) bond motifs is 1. The topological polar surface area (TPSA) is 57.9 Å². The Labute approximate surface area is 298 Å². The van der Waals surface area contributed by atoms with Gasteiger partial charge in [0.15, 0.2) is 0 Å². The first-order valence-corrected chi connectivity index (χ1v) is 18.7. The molecule has 3 unspecified atom stereocenters. The summed E-state index contributed by atoms with van der Waals surface area (Å²) < 4.78 is 43.9. The number of aryl methyl sites for hydroxylation is 1. The van der Waals surface area contributed by atoms with E-state index in [0.29, 0.717) is 49.9 Å².